The number of halogens is 1. The van der Waals surface area contributed by atoms with Crippen LogP contribution >= 0.6 is 0 Å². The van der Waals surface area contributed by atoms with E-state index in [2.05, 4.69) is 31.6 Å². The number of piperazine rings is 1. The van der Waals surface area contributed by atoms with Crippen LogP contribution in [0.1, 0.15) is 34.0 Å². The molecule has 1 amide bonds. The molecular formula is C27H29FN6O2. The number of carbonyl (C=O) groups excluding carboxylic acids is 1. The zero-order valence-electron chi connectivity index (χ0n) is 20.2. The fraction of sp³-hybridized carbons (Fsp3) is 0.333. The van der Waals surface area contributed by atoms with E-state index >= 15 is 0 Å². The Morgan fingerprint density at radius 2 is 1.97 bits per heavy atom. The number of amides is 1. The highest BCUT2D eigenvalue weighted by molar-refractivity contribution is 6.15. The van der Waals surface area contributed by atoms with E-state index < -0.39 is 0 Å². The lowest BCUT2D eigenvalue weighted by Crippen LogP contribution is -2.43. The summed E-state index contributed by atoms with van der Waals surface area (Å²) in [6.07, 6.45) is 3.77. The minimum absolute atomic E-state index is 0.131. The quantitative estimate of drug-likeness (QED) is 0.506. The van der Waals surface area contributed by atoms with Crippen molar-refractivity contribution in [2.45, 2.75) is 19.0 Å². The topological polar surface area (TPSA) is 91.7 Å². The van der Waals surface area contributed by atoms with Crippen LogP contribution < -0.4 is 15.5 Å². The normalized spacial score (nSPS) is 15.8. The second-order valence-corrected chi connectivity index (χ2v) is 8.94. The fourth-order valence-electron chi connectivity index (χ4n) is 4.61. The minimum atomic E-state index is -0.371. The van der Waals surface area contributed by atoms with Gasteiger partial charge in [0.25, 0.3) is 0 Å². The van der Waals surface area contributed by atoms with E-state index in [0.29, 0.717) is 12.2 Å². The number of benzene rings is 1. The summed E-state index contributed by atoms with van der Waals surface area (Å²) in [5, 5.41) is 6.33. The van der Waals surface area contributed by atoms with E-state index in [4.69, 9.17) is 9.73 Å². The molecule has 36 heavy (non-hydrogen) atoms. The fourth-order valence-corrected chi connectivity index (χ4v) is 4.61. The van der Waals surface area contributed by atoms with Gasteiger partial charge in [-0.2, -0.15) is 0 Å². The number of anilines is 1. The molecule has 1 aromatic carbocycles. The third-order valence-corrected chi connectivity index (χ3v) is 6.45. The number of ether oxygens (including phenoxy) is 1. The van der Waals surface area contributed by atoms with Crippen molar-refractivity contribution in [2.24, 2.45) is 4.99 Å². The SMILES string of the molecule is COC[C@@H](NC(=O)Cc1cc2c(cn1)C(c1ccnc(N3CCNCC3)c1)=NC2)c1ccc(F)cc1. The molecule has 5 rings (SSSR count). The minimum Gasteiger partial charge on any atom is -0.382 e. The van der Waals surface area contributed by atoms with Crippen LogP contribution in [0.2, 0.25) is 0 Å². The van der Waals surface area contributed by atoms with Gasteiger partial charge in [-0.1, -0.05) is 12.1 Å². The van der Waals surface area contributed by atoms with Crippen molar-refractivity contribution in [3.8, 4) is 0 Å². The van der Waals surface area contributed by atoms with Crippen molar-refractivity contribution in [1.29, 1.82) is 0 Å². The van der Waals surface area contributed by atoms with Crippen LogP contribution in [0.5, 0.6) is 0 Å². The van der Waals surface area contributed by atoms with Gasteiger partial charge in [0, 0.05) is 56.8 Å². The second kappa shape index (κ2) is 10.9. The predicted octanol–water partition coefficient (Wildman–Crippen LogP) is 2.42. The molecule has 3 aromatic rings. The number of nitrogens with one attached hydrogen (secondary N) is 2. The third-order valence-electron chi connectivity index (χ3n) is 6.45. The van der Waals surface area contributed by atoms with Crippen molar-refractivity contribution < 1.29 is 13.9 Å². The third kappa shape index (κ3) is 5.42. The van der Waals surface area contributed by atoms with Gasteiger partial charge in [0.1, 0.15) is 11.6 Å². The largest absolute Gasteiger partial charge is 0.382 e. The molecule has 2 aromatic heterocycles. The van der Waals surface area contributed by atoms with Crippen LogP contribution in [-0.4, -0.2) is 61.5 Å². The number of rotatable bonds is 8. The van der Waals surface area contributed by atoms with Crippen LogP contribution in [0, 0.1) is 5.82 Å². The molecule has 9 heteroatoms. The van der Waals surface area contributed by atoms with Gasteiger partial charge in [-0.25, -0.2) is 9.37 Å². The molecule has 2 aliphatic rings. The van der Waals surface area contributed by atoms with Crippen molar-refractivity contribution >= 4 is 17.4 Å². The van der Waals surface area contributed by atoms with Crippen LogP contribution in [-0.2, 0) is 22.5 Å². The Labute approximate surface area is 209 Å². The van der Waals surface area contributed by atoms with E-state index in [-0.39, 0.29) is 30.8 Å². The van der Waals surface area contributed by atoms with E-state index in [9.17, 15) is 9.18 Å². The Bertz CT molecular complexity index is 1260. The number of carbonyl (C=O) groups is 1. The zero-order chi connectivity index (χ0) is 24.9. The molecule has 0 bridgehead atoms. The van der Waals surface area contributed by atoms with Crippen LogP contribution in [0.3, 0.4) is 0 Å². The molecule has 0 aliphatic carbocycles. The lowest BCUT2D eigenvalue weighted by atomic mass is 10.0. The van der Waals surface area contributed by atoms with Gasteiger partial charge in [0.05, 0.1) is 37.0 Å². The van der Waals surface area contributed by atoms with Crippen LogP contribution in [0.15, 0.2) is 59.9 Å². The van der Waals surface area contributed by atoms with E-state index in [1.807, 2.05) is 18.3 Å². The summed E-state index contributed by atoms with van der Waals surface area (Å²) in [4.78, 5) is 28.9. The number of hydrogen-bond acceptors (Lipinski definition) is 7. The summed E-state index contributed by atoms with van der Waals surface area (Å²) in [5.74, 6) is 0.456. The summed E-state index contributed by atoms with van der Waals surface area (Å²) in [5.41, 5.74) is 5.42. The Morgan fingerprint density at radius 3 is 2.75 bits per heavy atom. The standard InChI is InChI=1S/C27H29FN6O2/c1-36-17-24(18-2-4-21(28)5-3-18)33-26(35)14-22-12-20-15-32-27(23(20)16-31-22)19-6-7-30-25(13-19)34-10-8-29-9-11-34/h2-7,12-13,16,24,29H,8-11,14-15,17H2,1H3,(H,33,35)/t24-/m1/s1. The highest BCUT2D eigenvalue weighted by Gasteiger charge is 2.22. The Hall–Kier alpha value is -3.69. The molecule has 2 aliphatic heterocycles. The monoisotopic (exact) mass is 488 g/mol. The molecule has 0 unspecified atom stereocenters. The zero-order valence-corrected chi connectivity index (χ0v) is 20.2. The van der Waals surface area contributed by atoms with Crippen LogP contribution in [0.25, 0.3) is 0 Å². The molecule has 0 saturated carbocycles. The number of methoxy groups -OCH3 is 1. The smallest absolute Gasteiger partial charge is 0.226 e. The summed E-state index contributed by atoms with van der Waals surface area (Å²) >= 11 is 0. The van der Waals surface area contributed by atoms with E-state index in [1.54, 1.807) is 25.4 Å². The summed E-state index contributed by atoms with van der Waals surface area (Å²) < 4.78 is 18.5. The van der Waals surface area contributed by atoms with Gasteiger partial charge in [0.15, 0.2) is 0 Å². The van der Waals surface area contributed by atoms with Gasteiger partial charge in [-0.05, 0) is 41.5 Å². The van der Waals surface area contributed by atoms with Crippen molar-refractivity contribution in [3.63, 3.8) is 0 Å². The maximum absolute atomic E-state index is 13.3. The predicted molar refractivity (Wildman–Crippen MR) is 136 cm³/mol. The lowest BCUT2D eigenvalue weighted by molar-refractivity contribution is -0.121. The molecule has 4 heterocycles. The first-order valence-electron chi connectivity index (χ1n) is 12.1. The molecule has 2 N–H and O–H groups in total. The molecule has 0 spiro atoms. The molecule has 1 saturated heterocycles. The van der Waals surface area contributed by atoms with Crippen molar-refractivity contribution in [1.82, 2.24) is 20.6 Å². The molecule has 186 valence electrons. The average molecular weight is 489 g/mol. The van der Waals surface area contributed by atoms with Crippen molar-refractivity contribution in [2.75, 3.05) is 44.8 Å². The Morgan fingerprint density at radius 1 is 1.17 bits per heavy atom. The number of aromatic nitrogens is 2. The van der Waals surface area contributed by atoms with Gasteiger partial charge in [-0.15, -0.1) is 0 Å². The first-order chi connectivity index (χ1) is 17.6. The molecule has 1 fully saturated rings. The maximum Gasteiger partial charge on any atom is 0.226 e. The average Bonchev–Trinajstić information content (AvgIpc) is 3.33. The highest BCUT2D eigenvalue weighted by Crippen LogP contribution is 2.25. The Balaban J connectivity index is 1.27. The first kappa shape index (κ1) is 24.0. The number of fused-ring (bicyclic) bond motifs is 1. The van der Waals surface area contributed by atoms with Gasteiger partial charge >= 0.3 is 0 Å². The van der Waals surface area contributed by atoms with Gasteiger partial charge in [0.2, 0.25) is 5.91 Å². The van der Waals surface area contributed by atoms with Crippen LogP contribution in [0.4, 0.5) is 10.2 Å². The number of hydrogen-bond donors (Lipinski definition) is 2. The number of pyridine rings is 2. The molecule has 1 atom stereocenters. The van der Waals surface area contributed by atoms with Gasteiger partial charge in [-0.3, -0.25) is 14.8 Å². The highest BCUT2D eigenvalue weighted by atomic mass is 19.1. The second-order valence-electron chi connectivity index (χ2n) is 8.94. The Kier molecular flexibility index (Phi) is 7.29. The molecule has 8 nitrogen and oxygen atoms in total. The molecular weight excluding hydrogens is 459 g/mol. The maximum atomic E-state index is 13.3. The first-order valence-corrected chi connectivity index (χ1v) is 12.1. The molecule has 0 radical (unpaired) electrons. The van der Waals surface area contributed by atoms with E-state index in [1.165, 1.54) is 12.1 Å². The number of aliphatic imine (C=N–C) groups is 1. The summed E-state index contributed by atoms with van der Waals surface area (Å²) in [6.45, 7) is 4.60. The summed E-state index contributed by atoms with van der Waals surface area (Å²) in [6, 6.07) is 11.7. The van der Waals surface area contributed by atoms with E-state index in [0.717, 1.165) is 60.0 Å². The lowest BCUT2D eigenvalue weighted by Gasteiger charge is -2.28. The summed E-state index contributed by atoms with van der Waals surface area (Å²) in [7, 11) is 1.57. The van der Waals surface area contributed by atoms with Crippen molar-refractivity contribution in [3.05, 3.63) is 88.6 Å². The number of nitrogens with zero attached hydrogens (tertiary/aromatic N) is 4. The van der Waals surface area contributed by atoms with Gasteiger partial charge < -0.3 is 20.3 Å².